The summed E-state index contributed by atoms with van der Waals surface area (Å²) in [6.07, 6.45) is 16.5. The van der Waals surface area contributed by atoms with Crippen molar-refractivity contribution in [3.8, 4) is 5.88 Å². The van der Waals surface area contributed by atoms with Gasteiger partial charge in [-0.1, -0.05) is 71.3 Å². The molecule has 0 aromatic carbocycles. The predicted molar refractivity (Wildman–Crippen MR) is 174 cm³/mol. The Morgan fingerprint density at radius 1 is 0.977 bits per heavy atom. The van der Waals surface area contributed by atoms with Crippen LogP contribution < -0.4 is 10.1 Å². The third kappa shape index (κ3) is 14.9. The fourth-order valence-electron chi connectivity index (χ4n) is 5.39. The number of ether oxygens (including phenoxy) is 3. The number of nitrogens with zero attached hydrogens (tertiary/aromatic N) is 3. The summed E-state index contributed by atoms with van der Waals surface area (Å²) in [5.41, 5.74) is 1.50. The number of unbranched alkanes of at least 4 members (excludes halogenated alkanes) is 9. The number of hydrogen-bond acceptors (Lipinski definition) is 8. The molecule has 1 amide bonds. The Balaban J connectivity index is 1.93. The quantitative estimate of drug-likeness (QED) is 0.0840. The summed E-state index contributed by atoms with van der Waals surface area (Å²) in [5, 5.41) is 2.95. The fraction of sp³-hybridized carbons (Fsp3) is 0.818. The van der Waals surface area contributed by atoms with Crippen molar-refractivity contribution in [3.63, 3.8) is 0 Å². The third-order valence-electron chi connectivity index (χ3n) is 7.80. The molecule has 1 aliphatic rings. The van der Waals surface area contributed by atoms with E-state index < -0.39 is 5.60 Å². The first-order valence-electron chi connectivity index (χ1n) is 16.7. The second-order valence-corrected chi connectivity index (χ2v) is 13.6. The van der Waals surface area contributed by atoms with Gasteiger partial charge in [-0.2, -0.15) is 4.37 Å². The minimum Gasteiger partial charge on any atom is -0.475 e. The van der Waals surface area contributed by atoms with E-state index in [4.69, 9.17) is 14.2 Å². The Kier molecular flexibility index (Phi) is 17.2. The van der Waals surface area contributed by atoms with Gasteiger partial charge in [0.15, 0.2) is 0 Å². The van der Waals surface area contributed by atoms with Crippen LogP contribution >= 0.6 is 11.7 Å². The number of likely N-dealkylation sites (N-methyl/N-ethyl adjacent to an activating group) is 1. The summed E-state index contributed by atoms with van der Waals surface area (Å²) in [6.45, 7) is 12.8. The third-order valence-corrected chi connectivity index (χ3v) is 8.31. The van der Waals surface area contributed by atoms with Gasteiger partial charge in [-0.15, -0.1) is 4.37 Å². The average molecular weight is 624 g/mol. The number of rotatable bonds is 21. The molecular formula is C33H59N4O5S+. The lowest BCUT2D eigenvalue weighted by Crippen LogP contribution is -2.57. The van der Waals surface area contributed by atoms with Crippen molar-refractivity contribution >= 4 is 29.4 Å². The minimum absolute atomic E-state index is 0.173. The molecule has 2 unspecified atom stereocenters. The van der Waals surface area contributed by atoms with Gasteiger partial charge in [0.25, 0.3) is 5.88 Å². The topological polar surface area (TPSA) is 99.6 Å². The van der Waals surface area contributed by atoms with E-state index in [0.717, 1.165) is 82.1 Å². The molecule has 2 atom stereocenters. The van der Waals surface area contributed by atoms with Gasteiger partial charge < -0.3 is 19.5 Å². The number of aromatic nitrogens is 2. The maximum atomic E-state index is 13.0. The summed E-state index contributed by atoms with van der Waals surface area (Å²) in [4.78, 5) is 24.9. The standard InChI is InChI=1S/C33H58N4O5S/c1-7-9-11-13-15-21-28(41-32(39)34-23-17-14-16-22-29(38)42-33(3,4)5)37(6)24-19-20-27(26-37)30-31(36-43-35-30)40-25-18-12-10-8-2/h20,28H,7-19,21-26H2,1-6H3/p+1. The zero-order valence-electron chi connectivity index (χ0n) is 27.9. The molecule has 1 N–H and O–H groups in total. The van der Waals surface area contributed by atoms with Crippen LogP contribution in [0.5, 0.6) is 5.88 Å². The highest BCUT2D eigenvalue weighted by Crippen LogP contribution is 2.33. The first-order chi connectivity index (χ1) is 20.6. The molecule has 246 valence electrons. The van der Waals surface area contributed by atoms with Crippen LogP contribution in [0.2, 0.25) is 0 Å². The van der Waals surface area contributed by atoms with Crippen LogP contribution in [0.4, 0.5) is 4.79 Å². The van der Waals surface area contributed by atoms with Gasteiger partial charge in [0, 0.05) is 31.4 Å². The molecule has 2 heterocycles. The van der Waals surface area contributed by atoms with Gasteiger partial charge in [-0.25, -0.2) is 4.79 Å². The molecule has 0 spiro atoms. The molecule has 0 aliphatic carbocycles. The number of nitrogens with one attached hydrogen (secondary N) is 1. The number of carbonyl (C=O) groups excluding carboxylic acids is 2. The second-order valence-electron chi connectivity index (χ2n) is 13.1. The largest absolute Gasteiger partial charge is 0.475 e. The average Bonchev–Trinajstić information content (AvgIpc) is 3.42. The zero-order chi connectivity index (χ0) is 31.6. The number of alkyl carbamates (subject to hydrolysis) is 1. The predicted octanol–water partition coefficient (Wildman–Crippen LogP) is 8.05. The van der Waals surface area contributed by atoms with Crippen molar-refractivity contribution in [2.45, 2.75) is 143 Å². The van der Waals surface area contributed by atoms with Crippen molar-refractivity contribution < 1.29 is 28.3 Å². The normalized spacial score (nSPS) is 17.7. The highest BCUT2D eigenvalue weighted by molar-refractivity contribution is 6.99. The molecule has 0 bridgehead atoms. The summed E-state index contributed by atoms with van der Waals surface area (Å²) in [7, 11) is 2.19. The van der Waals surface area contributed by atoms with Crippen molar-refractivity contribution in [1.29, 1.82) is 0 Å². The fourth-order valence-corrected chi connectivity index (χ4v) is 5.92. The highest BCUT2D eigenvalue weighted by atomic mass is 32.1. The van der Waals surface area contributed by atoms with Gasteiger partial charge in [0.1, 0.15) is 17.8 Å². The summed E-state index contributed by atoms with van der Waals surface area (Å²) >= 11 is 1.19. The van der Waals surface area contributed by atoms with E-state index in [1.165, 1.54) is 43.8 Å². The van der Waals surface area contributed by atoms with E-state index in [9.17, 15) is 9.59 Å². The molecule has 2 rings (SSSR count). The first kappa shape index (κ1) is 37.0. The molecular weight excluding hydrogens is 564 g/mol. The molecule has 0 saturated heterocycles. The van der Waals surface area contributed by atoms with Crippen molar-refractivity contribution in [1.82, 2.24) is 14.1 Å². The van der Waals surface area contributed by atoms with Crippen LogP contribution in [0.3, 0.4) is 0 Å². The summed E-state index contributed by atoms with van der Waals surface area (Å²) < 4.78 is 27.2. The Hall–Kier alpha value is -2.20. The number of esters is 1. The number of carbonyl (C=O) groups is 2. The maximum absolute atomic E-state index is 13.0. The van der Waals surface area contributed by atoms with Crippen LogP contribution in [-0.4, -0.2) is 70.4 Å². The van der Waals surface area contributed by atoms with Gasteiger partial charge in [-0.3, -0.25) is 9.28 Å². The Bertz CT molecular complexity index is 977. The molecule has 0 saturated carbocycles. The van der Waals surface area contributed by atoms with Crippen LogP contribution in [-0.2, 0) is 14.3 Å². The molecule has 43 heavy (non-hydrogen) atoms. The number of hydrogen-bond donors (Lipinski definition) is 1. The van der Waals surface area contributed by atoms with Crippen molar-refractivity contribution in [2.75, 3.05) is 33.3 Å². The van der Waals surface area contributed by atoms with Crippen LogP contribution in [0.1, 0.15) is 137 Å². The molecule has 1 aromatic heterocycles. The highest BCUT2D eigenvalue weighted by Gasteiger charge is 2.39. The van der Waals surface area contributed by atoms with Crippen LogP contribution in [0.15, 0.2) is 6.08 Å². The lowest BCUT2D eigenvalue weighted by atomic mass is 10.0. The van der Waals surface area contributed by atoms with E-state index in [2.05, 4.69) is 41.0 Å². The SMILES string of the molecule is CCCCCCCC(OC(=O)NCCCCCC(=O)OC(C)(C)C)[N+]1(C)CCC=C(c2nsnc2OCCCCCC)C1. The summed E-state index contributed by atoms with van der Waals surface area (Å²) in [6, 6.07) is 0. The summed E-state index contributed by atoms with van der Waals surface area (Å²) in [5.74, 6) is 0.454. The molecule has 1 aliphatic heterocycles. The minimum atomic E-state index is -0.458. The lowest BCUT2D eigenvalue weighted by Gasteiger charge is -2.42. The second kappa shape index (κ2) is 20.0. The molecule has 0 fully saturated rings. The van der Waals surface area contributed by atoms with E-state index in [-0.39, 0.29) is 18.3 Å². The first-order valence-corrected chi connectivity index (χ1v) is 17.5. The number of quaternary nitrogens is 1. The van der Waals surface area contributed by atoms with E-state index in [1.54, 1.807) is 0 Å². The van der Waals surface area contributed by atoms with E-state index >= 15 is 0 Å². The molecule has 0 radical (unpaired) electrons. The van der Waals surface area contributed by atoms with E-state index in [0.29, 0.717) is 29.9 Å². The molecule has 10 heteroatoms. The van der Waals surface area contributed by atoms with Crippen molar-refractivity contribution in [3.05, 3.63) is 11.8 Å². The Labute approximate surface area is 265 Å². The smallest absolute Gasteiger partial charge is 0.411 e. The van der Waals surface area contributed by atoms with Gasteiger partial charge in [0.05, 0.1) is 31.9 Å². The maximum Gasteiger partial charge on any atom is 0.411 e. The number of amides is 1. The monoisotopic (exact) mass is 623 g/mol. The van der Waals surface area contributed by atoms with Crippen LogP contribution in [0, 0.1) is 0 Å². The molecule has 1 aromatic rings. The van der Waals surface area contributed by atoms with Gasteiger partial charge in [-0.05, 0) is 46.5 Å². The zero-order valence-corrected chi connectivity index (χ0v) is 28.7. The van der Waals surface area contributed by atoms with Gasteiger partial charge >= 0.3 is 12.1 Å². The lowest BCUT2D eigenvalue weighted by molar-refractivity contribution is -0.947. The van der Waals surface area contributed by atoms with Gasteiger partial charge in [0.2, 0.25) is 6.23 Å². The Morgan fingerprint density at radius 2 is 1.67 bits per heavy atom. The van der Waals surface area contributed by atoms with E-state index in [1.807, 2.05) is 20.8 Å². The van der Waals surface area contributed by atoms with Crippen LogP contribution in [0.25, 0.3) is 5.57 Å². The molecule has 9 nitrogen and oxygen atoms in total. The Morgan fingerprint density at radius 3 is 2.40 bits per heavy atom. The van der Waals surface area contributed by atoms with Crippen molar-refractivity contribution in [2.24, 2.45) is 0 Å².